The van der Waals surface area contributed by atoms with E-state index in [9.17, 15) is 0 Å². The van der Waals surface area contributed by atoms with E-state index in [0.717, 1.165) is 31.3 Å². The number of piperidine rings is 1. The summed E-state index contributed by atoms with van der Waals surface area (Å²) in [6.45, 7) is 10.2. The van der Waals surface area contributed by atoms with Crippen LogP contribution in [0.25, 0.3) is 0 Å². The number of aromatic nitrogens is 1. The zero-order valence-corrected chi connectivity index (χ0v) is 19.2. The number of hydrogen-bond donors (Lipinski definition) is 2. The van der Waals surface area contributed by atoms with Crippen molar-refractivity contribution in [2.75, 3.05) is 32.7 Å². The predicted octanol–water partition coefficient (Wildman–Crippen LogP) is 3.74. The van der Waals surface area contributed by atoms with Crippen LogP contribution >= 0.6 is 47.2 Å². The lowest BCUT2D eigenvalue weighted by atomic mass is 9.98. The van der Waals surface area contributed by atoms with Gasteiger partial charge in [0.25, 0.3) is 0 Å². The third kappa shape index (κ3) is 6.81. The van der Waals surface area contributed by atoms with Crippen LogP contribution in [0.3, 0.4) is 0 Å². The van der Waals surface area contributed by atoms with Gasteiger partial charge in [0.05, 0.1) is 11.6 Å². The number of nitrogens with zero attached hydrogens (tertiary/aromatic N) is 3. The molecule has 1 saturated heterocycles. The number of nitrogens with one attached hydrogen (secondary N) is 2. The molecule has 5 nitrogen and oxygen atoms in total. The first-order valence-electron chi connectivity index (χ1n) is 8.79. The van der Waals surface area contributed by atoms with Gasteiger partial charge in [-0.3, -0.25) is 0 Å². The maximum atomic E-state index is 6.11. The number of rotatable bonds is 6. The lowest BCUT2D eigenvalue weighted by molar-refractivity contribution is 0.183. The van der Waals surface area contributed by atoms with Crippen molar-refractivity contribution in [2.45, 2.75) is 33.2 Å². The van der Waals surface area contributed by atoms with Gasteiger partial charge in [0, 0.05) is 32.4 Å². The summed E-state index contributed by atoms with van der Waals surface area (Å²) < 4.78 is 1.87. The van der Waals surface area contributed by atoms with Crippen LogP contribution in [0.15, 0.2) is 11.1 Å². The summed E-state index contributed by atoms with van der Waals surface area (Å²) in [4.78, 5) is 7.19. The molecule has 0 spiro atoms. The van der Waals surface area contributed by atoms with Gasteiger partial charge in [-0.2, -0.15) is 0 Å². The van der Waals surface area contributed by atoms with Crippen molar-refractivity contribution in [3.05, 3.63) is 21.9 Å². The van der Waals surface area contributed by atoms with Gasteiger partial charge in [-0.25, -0.2) is 4.99 Å². The predicted molar refractivity (Wildman–Crippen MR) is 119 cm³/mol. The lowest BCUT2D eigenvalue weighted by Gasteiger charge is -2.32. The van der Waals surface area contributed by atoms with Crippen LogP contribution in [0, 0.1) is 5.92 Å². The average molecular weight is 502 g/mol. The minimum Gasteiger partial charge on any atom is -0.357 e. The molecule has 1 aliphatic heterocycles. The van der Waals surface area contributed by atoms with E-state index in [1.165, 1.54) is 25.9 Å². The molecular weight excluding hydrogens is 472 g/mol. The Balaban J connectivity index is 0.00000312. The van der Waals surface area contributed by atoms with Crippen LogP contribution in [0.4, 0.5) is 0 Å². The first kappa shape index (κ1) is 22.9. The third-order valence-corrected chi connectivity index (χ3v) is 5.41. The van der Waals surface area contributed by atoms with Crippen LogP contribution in [0.1, 0.15) is 32.4 Å². The first-order valence-corrected chi connectivity index (χ1v) is 9.54. The number of hydrogen-bond acceptors (Lipinski definition) is 2. The summed E-state index contributed by atoms with van der Waals surface area (Å²) in [6, 6.07) is 1.87. The molecule has 0 aliphatic carbocycles. The summed E-state index contributed by atoms with van der Waals surface area (Å²) in [5, 5.41) is 7.92. The van der Waals surface area contributed by atoms with E-state index >= 15 is 0 Å². The van der Waals surface area contributed by atoms with Crippen molar-refractivity contribution < 1.29 is 0 Å². The Morgan fingerprint density at radius 3 is 2.68 bits per heavy atom. The zero-order chi connectivity index (χ0) is 17.5. The molecule has 1 atom stereocenters. The fraction of sp³-hybridized carbons (Fsp3) is 0.706. The highest BCUT2D eigenvalue weighted by Gasteiger charge is 2.18. The Labute approximate surface area is 178 Å². The normalized spacial score (nSPS) is 18.8. The van der Waals surface area contributed by atoms with Gasteiger partial charge in [0.15, 0.2) is 5.96 Å². The third-order valence-electron chi connectivity index (χ3n) is 4.57. The Bertz CT molecular complexity index is 561. The molecule has 25 heavy (non-hydrogen) atoms. The Morgan fingerprint density at radius 1 is 1.32 bits per heavy atom. The Hall–Kier alpha value is -0.180. The van der Waals surface area contributed by atoms with Gasteiger partial charge in [0.1, 0.15) is 5.15 Å². The van der Waals surface area contributed by atoms with Crippen LogP contribution in [-0.4, -0.2) is 48.2 Å². The molecule has 2 rings (SSSR count). The standard InChI is InChI=1S/C17H29Cl2N5.HI/c1-4-20-17(21-10-13-7-6-8-24(5-2)12-13)22-11-14-9-15(18)16(19)23(14)3;/h9,13H,4-8,10-12H2,1-3H3,(H2,20,21,22);1H. The molecule has 0 saturated carbocycles. The molecule has 0 aromatic carbocycles. The second kappa shape index (κ2) is 11.5. The molecule has 0 bridgehead atoms. The van der Waals surface area contributed by atoms with Crippen molar-refractivity contribution in [1.82, 2.24) is 20.1 Å². The van der Waals surface area contributed by atoms with Crippen LogP contribution in [0.5, 0.6) is 0 Å². The van der Waals surface area contributed by atoms with Gasteiger partial charge in [-0.05, 0) is 44.8 Å². The van der Waals surface area contributed by atoms with E-state index in [2.05, 4.69) is 34.4 Å². The minimum absolute atomic E-state index is 0. The SMILES string of the molecule is CCNC(=NCc1cc(Cl)c(Cl)n1C)NCC1CCCN(CC)C1.I. The van der Waals surface area contributed by atoms with E-state index < -0.39 is 0 Å². The molecule has 144 valence electrons. The van der Waals surface area contributed by atoms with E-state index in [1.54, 1.807) is 0 Å². The number of likely N-dealkylation sites (tertiary alicyclic amines) is 1. The molecule has 0 amide bonds. The molecule has 1 aromatic rings. The van der Waals surface area contributed by atoms with Gasteiger partial charge < -0.3 is 20.1 Å². The number of aliphatic imine (C=N–C) groups is 1. The van der Waals surface area contributed by atoms with E-state index in [1.807, 2.05) is 17.7 Å². The summed E-state index contributed by atoms with van der Waals surface area (Å²) in [7, 11) is 1.90. The highest BCUT2D eigenvalue weighted by atomic mass is 127. The molecular formula is C17H30Cl2IN5. The van der Waals surface area contributed by atoms with Crippen LogP contribution in [0.2, 0.25) is 10.2 Å². The highest BCUT2D eigenvalue weighted by molar-refractivity contribution is 14.0. The van der Waals surface area contributed by atoms with E-state index in [4.69, 9.17) is 23.2 Å². The van der Waals surface area contributed by atoms with E-state index in [0.29, 0.717) is 22.6 Å². The van der Waals surface area contributed by atoms with E-state index in [-0.39, 0.29) is 24.0 Å². The van der Waals surface area contributed by atoms with Gasteiger partial charge >= 0.3 is 0 Å². The molecule has 1 unspecified atom stereocenters. The number of halogens is 3. The molecule has 0 radical (unpaired) electrons. The smallest absolute Gasteiger partial charge is 0.191 e. The Kier molecular flexibility index (Phi) is 10.5. The van der Waals surface area contributed by atoms with Crippen LogP contribution < -0.4 is 10.6 Å². The molecule has 8 heteroatoms. The highest BCUT2D eigenvalue weighted by Crippen LogP contribution is 2.25. The fourth-order valence-corrected chi connectivity index (χ4v) is 3.50. The molecule has 2 heterocycles. The van der Waals surface area contributed by atoms with Crippen molar-refractivity contribution in [3.8, 4) is 0 Å². The van der Waals surface area contributed by atoms with Gasteiger partial charge in [-0.1, -0.05) is 30.1 Å². The second-order valence-electron chi connectivity index (χ2n) is 6.31. The zero-order valence-electron chi connectivity index (χ0n) is 15.3. The molecule has 1 aliphatic rings. The summed E-state index contributed by atoms with van der Waals surface area (Å²) in [6.07, 6.45) is 2.57. The maximum absolute atomic E-state index is 6.11. The maximum Gasteiger partial charge on any atom is 0.191 e. The van der Waals surface area contributed by atoms with Crippen molar-refractivity contribution in [1.29, 1.82) is 0 Å². The molecule has 2 N–H and O–H groups in total. The van der Waals surface area contributed by atoms with Gasteiger partial charge in [0.2, 0.25) is 0 Å². The van der Waals surface area contributed by atoms with Gasteiger partial charge in [-0.15, -0.1) is 24.0 Å². The largest absolute Gasteiger partial charge is 0.357 e. The molecule has 1 aromatic heterocycles. The van der Waals surface area contributed by atoms with Crippen molar-refractivity contribution in [3.63, 3.8) is 0 Å². The first-order chi connectivity index (χ1) is 11.5. The summed E-state index contributed by atoms with van der Waals surface area (Å²) >= 11 is 12.2. The summed E-state index contributed by atoms with van der Waals surface area (Å²) in [5.74, 6) is 1.53. The summed E-state index contributed by atoms with van der Waals surface area (Å²) in [5.41, 5.74) is 0.997. The van der Waals surface area contributed by atoms with Crippen molar-refractivity contribution >= 4 is 53.1 Å². The minimum atomic E-state index is 0. The van der Waals surface area contributed by atoms with Crippen molar-refractivity contribution in [2.24, 2.45) is 18.0 Å². The molecule has 1 fully saturated rings. The monoisotopic (exact) mass is 501 g/mol. The average Bonchev–Trinajstić information content (AvgIpc) is 2.84. The lowest BCUT2D eigenvalue weighted by Crippen LogP contribution is -2.44. The number of guanidine groups is 1. The van der Waals surface area contributed by atoms with Crippen LogP contribution in [-0.2, 0) is 13.6 Å². The fourth-order valence-electron chi connectivity index (χ4n) is 3.09. The quantitative estimate of drug-likeness (QED) is 0.354. The topological polar surface area (TPSA) is 44.6 Å². The second-order valence-corrected chi connectivity index (χ2v) is 7.08. The Morgan fingerprint density at radius 2 is 2.08 bits per heavy atom.